The summed E-state index contributed by atoms with van der Waals surface area (Å²) in [4.78, 5) is 10.6. The van der Waals surface area contributed by atoms with Crippen molar-refractivity contribution < 1.29 is 10.0 Å². The first kappa shape index (κ1) is 14.9. The first-order valence-electron chi connectivity index (χ1n) is 7.26. The van der Waals surface area contributed by atoms with Crippen molar-refractivity contribution in [2.75, 3.05) is 13.1 Å². The fourth-order valence-electron chi connectivity index (χ4n) is 2.83. The Balaban J connectivity index is 1.80. The van der Waals surface area contributed by atoms with Crippen LogP contribution >= 0.6 is 0 Å². The van der Waals surface area contributed by atoms with Crippen LogP contribution in [0.4, 0.5) is 5.69 Å². The third-order valence-electron chi connectivity index (χ3n) is 4.00. The highest BCUT2D eigenvalue weighted by atomic mass is 16.6. The van der Waals surface area contributed by atoms with Crippen LogP contribution < -0.4 is 5.32 Å². The van der Waals surface area contributed by atoms with E-state index in [4.69, 9.17) is 0 Å². The number of para-hydroxylation sites is 1. The SMILES string of the molecule is O=[N+]([O-])c1ccccc1CCNCC1(O)CCCCC1. The van der Waals surface area contributed by atoms with E-state index >= 15 is 0 Å². The monoisotopic (exact) mass is 278 g/mol. The van der Waals surface area contributed by atoms with Gasteiger partial charge in [-0.3, -0.25) is 10.1 Å². The van der Waals surface area contributed by atoms with Crippen molar-refractivity contribution in [3.63, 3.8) is 0 Å². The maximum absolute atomic E-state index is 10.9. The summed E-state index contributed by atoms with van der Waals surface area (Å²) in [6.07, 6.45) is 5.69. The minimum Gasteiger partial charge on any atom is -0.389 e. The van der Waals surface area contributed by atoms with E-state index in [0.29, 0.717) is 19.5 Å². The Morgan fingerprint density at radius 3 is 2.65 bits per heavy atom. The van der Waals surface area contributed by atoms with Crippen LogP contribution in [0.1, 0.15) is 37.7 Å². The molecule has 1 fully saturated rings. The summed E-state index contributed by atoms with van der Waals surface area (Å²) < 4.78 is 0. The lowest BCUT2D eigenvalue weighted by atomic mass is 9.85. The van der Waals surface area contributed by atoms with E-state index in [1.165, 1.54) is 12.5 Å². The Kier molecular flexibility index (Phi) is 5.09. The average Bonchev–Trinajstić information content (AvgIpc) is 2.45. The summed E-state index contributed by atoms with van der Waals surface area (Å²) in [5, 5.41) is 24.5. The Morgan fingerprint density at radius 1 is 1.25 bits per heavy atom. The molecular weight excluding hydrogens is 256 g/mol. The third-order valence-corrected chi connectivity index (χ3v) is 4.00. The van der Waals surface area contributed by atoms with Crippen molar-refractivity contribution in [2.24, 2.45) is 0 Å². The molecule has 0 heterocycles. The largest absolute Gasteiger partial charge is 0.389 e. The maximum Gasteiger partial charge on any atom is 0.272 e. The lowest BCUT2D eigenvalue weighted by Crippen LogP contribution is -2.42. The maximum atomic E-state index is 10.9. The summed E-state index contributed by atoms with van der Waals surface area (Å²) in [6, 6.07) is 6.82. The van der Waals surface area contributed by atoms with Crippen LogP contribution in [-0.4, -0.2) is 28.7 Å². The summed E-state index contributed by atoms with van der Waals surface area (Å²) in [5.74, 6) is 0. The van der Waals surface area contributed by atoms with Gasteiger partial charge in [0.25, 0.3) is 5.69 Å². The fourth-order valence-corrected chi connectivity index (χ4v) is 2.83. The van der Waals surface area contributed by atoms with Gasteiger partial charge in [-0.25, -0.2) is 0 Å². The van der Waals surface area contributed by atoms with Crippen molar-refractivity contribution in [1.29, 1.82) is 0 Å². The van der Waals surface area contributed by atoms with Gasteiger partial charge in [-0.05, 0) is 25.8 Å². The molecule has 2 N–H and O–H groups in total. The summed E-state index contributed by atoms with van der Waals surface area (Å²) in [6.45, 7) is 1.22. The number of nitrogens with one attached hydrogen (secondary N) is 1. The highest BCUT2D eigenvalue weighted by molar-refractivity contribution is 5.39. The first-order chi connectivity index (χ1) is 9.61. The van der Waals surface area contributed by atoms with Gasteiger partial charge < -0.3 is 10.4 Å². The van der Waals surface area contributed by atoms with E-state index < -0.39 is 5.60 Å². The van der Waals surface area contributed by atoms with Crippen LogP contribution in [0.25, 0.3) is 0 Å². The first-order valence-corrected chi connectivity index (χ1v) is 7.26. The number of nitro benzene ring substituents is 1. The van der Waals surface area contributed by atoms with Gasteiger partial charge in [-0.2, -0.15) is 0 Å². The quantitative estimate of drug-likeness (QED) is 0.476. The number of hydrogen-bond acceptors (Lipinski definition) is 4. The van der Waals surface area contributed by atoms with Crippen LogP contribution in [0.15, 0.2) is 24.3 Å². The summed E-state index contributed by atoms with van der Waals surface area (Å²) in [5.41, 5.74) is 0.326. The molecular formula is C15H22N2O3. The second kappa shape index (κ2) is 6.81. The Hall–Kier alpha value is -1.46. The van der Waals surface area contributed by atoms with Crippen molar-refractivity contribution in [3.05, 3.63) is 39.9 Å². The highest BCUT2D eigenvalue weighted by Crippen LogP contribution is 2.27. The predicted octanol–water partition coefficient (Wildman–Crippen LogP) is 2.42. The van der Waals surface area contributed by atoms with Crippen molar-refractivity contribution >= 4 is 5.69 Å². The molecule has 0 aliphatic heterocycles. The predicted molar refractivity (Wildman–Crippen MR) is 77.7 cm³/mol. The average molecular weight is 278 g/mol. The van der Waals surface area contributed by atoms with Gasteiger partial charge in [0.2, 0.25) is 0 Å². The van der Waals surface area contributed by atoms with Gasteiger partial charge in [-0.1, -0.05) is 37.5 Å². The molecule has 0 atom stereocenters. The van der Waals surface area contributed by atoms with Crippen molar-refractivity contribution in [2.45, 2.75) is 44.1 Å². The third kappa shape index (κ3) is 4.02. The zero-order chi connectivity index (χ0) is 14.4. The molecule has 110 valence electrons. The number of nitro groups is 1. The van der Waals surface area contributed by atoms with Gasteiger partial charge >= 0.3 is 0 Å². The van der Waals surface area contributed by atoms with Gasteiger partial charge in [0.05, 0.1) is 10.5 Å². The van der Waals surface area contributed by atoms with Crippen molar-refractivity contribution in [1.82, 2.24) is 5.32 Å². The Morgan fingerprint density at radius 2 is 1.95 bits per heavy atom. The molecule has 1 aromatic rings. The number of rotatable bonds is 6. The minimum atomic E-state index is -0.582. The molecule has 0 unspecified atom stereocenters. The molecule has 1 aromatic carbocycles. The normalized spacial score (nSPS) is 17.9. The smallest absolute Gasteiger partial charge is 0.272 e. The lowest BCUT2D eigenvalue weighted by Gasteiger charge is -2.32. The molecule has 1 aliphatic carbocycles. The fraction of sp³-hybridized carbons (Fsp3) is 0.600. The van der Waals surface area contributed by atoms with Gasteiger partial charge in [-0.15, -0.1) is 0 Å². The van der Waals surface area contributed by atoms with Crippen LogP contribution in [0.2, 0.25) is 0 Å². The minimum absolute atomic E-state index is 0.172. The zero-order valence-corrected chi connectivity index (χ0v) is 11.7. The van der Waals surface area contributed by atoms with E-state index in [9.17, 15) is 15.2 Å². The molecule has 5 nitrogen and oxygen atoms in total. The molecule has 0 amide bonds. The molecule has 20 heavy (non-hydrogen) atoms. The van der Waals surface area contributed by atoms with Crippen LogP contribution in [0.5, 0.6) is 0 Å². The molecule has 0 aromatic heterocycles. The molecule has 0 spiro atoms. The van der Waals surface area contributed by atoms with Crippen LogP contribution in [0, 0.1) is 10.1 Å². The van der Waals surface area contributed by atoms with Crippen LogP contribution in [-0.2, 0) is 6.42 Å². The second-order valence-corrected chi connectivity index (χ2v) is 5.60. The highest BCUT2D eigenvalue weighted by Gasteiger charge is 2.28. The summed E-state index contributed by atoms with van der Waals surface area (Å²) >= 11 is 0. The van der Waals surface area contributed by atoms with E-state index in [-0.39, 0.29) is 10.6 Å². The number of hydrogen-bond donors (Lipinski definition) is 2. The number of nitrogens with zero attached hydrogens (tertiary/aromatic N) is 1. The molecule has 0 saturated heterocycles. The van der Waals surface area contributed by atoms with Crippen molar-refractivity contribution in [3.8, 4) is 0 Å². The van der Waals surface area contributed by atoms with E-state index in [2.05, 4.69) is 5.32 Å². The van der Waals surface area contributed by atoms with E-state index in [1.807, 2.05) is 6.07 Å². The number of aliphatic hydroxyl groups is 1. The van der Waals surface area contributed by atoms with Crippen LogP contribution in [0.3, 0.4) is 0 Å². The Labute approximate surface area is 119 Å². The molecule has 0 radical (unpaired) electrons. The molecule has 2 rings (SSSR count). The van der Waals surface area contributed by atoms with Gasteiger partial charge in [0, 0.05) is 18.2 Å². The Bertz CT molecular complexity index is 456. The number of benzene rings is 1. The van der Waals surface area contributed by atoms with E-state index in [1.54, 1.807) is 12.1 Å². The molecule has 1 aliphatic rings. The topological polar surface area (TPSA) is 75.4 Å². The molecule has 1 saturated carbocycles. The summed E-state index contributed by atoms with van der Waals surface area (Å²) in [7, 11) is 0. The van der Waals surface area contributed by atoms with Gasteiger partial charge in [0.1, 0.15) is 0 Å². The second-order valence-electron chi connectivity index (χ2n) is 5.60. The zero-order valence-electron chi connectivity index (χ0n) is 11.7. The molecule has 5 heteroatoms. The lowest BCUT2D eigenvalue weighted by molar-refractivity contribution is -0.385. The van der Waals surface area contributed by atoms with E-state index in [0.717, 1.165) is 31.2 Å². The molecule has 0 bridgehead atoms. The standard InChI is InChI=1S/C15H22N2O3/c18-15(9-4-1-5-10-15)12-16-11-8-13-6-2-3-7-14(13)17(19)20/h2-3,6-7,16,18H,1,4-5,8-12H2. The van der Waals surface area contributed by atoms with Gasteiger partial charge in [0.15, 0.2) is 0 Å².